The van der Waals surface area contributed by atoms with Gasteiger partial charge in [0.1, 0.15) is 0 Å². The van der Waals surface area contributed by atoms with E-state index in [0.29, 0.717) is 13.0 Å². The van der Waals surface area contributed by atoms with E-state index in [0.717, 1.165) is 30.5 Å². The average molecular weight is 262 g/mol. The molecule has 3 nitrogen and oxygen atoms in total. The Balaban J connectivity index is 2.64. The fourth-order valence-corrected chi connectivity index (χ4v) is 2.12. The summed E-state index contributed by atoms with van der Waals surface area (Å²) in [4.78, 5) is 14.2. The monoisotopic (exact) mass is 262 g/mol. The second kappa shape index (κ2) is 7.82. The van der Waals surface area contributed by atoms with Gasteiger partial charge in [0, 0.05) is 24.7 Å². The van der Waals surface area contributed by atoms with Crippen molar-refractivity contribution in [1.82, 2.24) is 4.90 Å². The molecule has 0 unspecified atom stereocenters. The van der Waals surface area contributed by atoms with Gasteiger partial charge in [-0.1, -0.05) is 31.9 Å². The van der Waals surface area contributed by atoms with Crippen molar-refractivity contribution in [3.63, 3.8) is 0 Å². The largest absolute Gasteiger partial charge is 0.399 e. The van der Waals surface area contributed by atoms with E-state index in [4.69, 9.17) is 5.73 Å². The van der Waals surface area contributed by atoms with Gasteiger partial charge in [-0.05, 0) is 38.0 Å². The third-order valence-electron chi connectivity index (χ3n) is 3.24. The zero-order valence-electron chi connectivity index (χ0n) is 12.4. The van der Waals surface area contributed by atoms with Crippen molar-refractivity contribution in [2.24, 2.45) is 0 Å². The van der Waals surface area contributed by atoms with E-state index in [9.17, 15) is 4.79 Å². The van der Waals surface area contributed by atoms with Crippen LogP contribution < -0.4 is 5.73 Å². The smallest absolute Gasteiger partial charge is 0.223 e. The lowest BCUT2D eigenvalue weighted by atomic mass is 10.1. The first-order valence-electron chi connectivity index (χ1n) is 7.18. The van der Waals surface area contributed by atoms with Crippen LogP contribution in [0.2, 0.25) is 0 Å². The molecule has 1 rings (SSSR count). The Labute approximate surface area is 116 Å². The van der Waals surface area contributed by atoms with Gasteiger partial charge in [0.05, 0.1) is 0 Å². The van der Waals surface area contributed by atoms with Crippen LogP contribution in [0.4, 0.5) is 5.69 Å². The van der Waals surface area contributed by atoms with E-state index >= 15 is 0 Å². The SMILES string of the molecule is CCCCCC(=O)N(Cc1cccc(N)c1)C(C)C. The average Bonchev–Trinajstić information content (AvgIpc) is 2.36. The van der Waals surface area contributed by atoms with Gasteiger partial charge in [-0.15, -0.1) is 0 Å². The lowest BCUT2D eigenvalue weighted by molar-refractivity contribution is -0.133. The first kappa shape index (κ1) is 15.5. The maximum atomic E-state index is 12.2. The maximum Gasteiger partial charge on any atom is 0.223 e. The Kier molecular flexibility index (Phi) is 6.40. The first-order valence-corrected chi connectivity index (χ1v) is 7.18. The highest BCUT2D eigenvalue weighted by atomic mass is 16.2. The number of anilines is 1. The Morgan fingerprint density at radius 3 is 2.63 bits per heavy atom. The van der Waals surface area contributed by atoms with Crippen molar-refractivity contribution >= 4 is 11.6 Å². The van der Waals surface area contributed by atoms with Gasteiger partial charge in [-0.25, -0.2) is 0 Å². The molecule has 19 heavy (non-hydrogen) atoms. The predicted octanol–water partition coefficient (Wildman–Crippen LogP) is 3.59. The van der Waals surface area contributed by atoms with Gasteiger partial charge >= 0.3 is 0 Å². The number of benzene rings is 1. The van der Waals surface area contributed by atoms with Crippen molar-refractivity contribution in [2.75, 3.05) is 5.73 Å². The minimum atomic E-state index is 0.218. The van der Waals surface area contributed by atoms with Gasteiger partial charge < -0.3 is 10.6 Å². The van der Waals surface area contributed by atoms with E-state index in [1.165, 1.54) is 0 Å². The first-order chi connectivity index (χ1) is 9.04. The normalized spacial score (nSPS) is 10.7. The Bertz CT molecular complexity index is 401. The number of nitrogen functional groups attached to an aromatic ring is 1. The van der Waals surface area contributed by atoms with Crippen LogP contribution in [-0.4, -0.2) is 16.8 Å². The summed E-state index contributed by atoms with van der Waals surface area (Å²) >= 11 is 0. The number of hydrogen-bond donors (Lipinski definition) is 1. The molecular formula is C16H26N2O. The minimum absolute atomic E-state index is 0.218. The Morgan fingerprint density at radius 2 is 2.05 bits per heavy atom. The highest BCUT2D eigenvalue weighted by Gasteiger charge is 2.16. The Hall–Kier alpha value is -1.51. The molecule has 106 valence electrons. The lowest BCUT2D eigenvalue weighted by Crippen LogP contribution is -2.36. The molecule has 1 aromatic carbocycles. The summed E-state index contributed by atoms with van der Waals surface area (Å²) in [7, 11) is 0. The zero-order valence-corrected chi connectivity index (χ0v) is 12.4. The van der Waals surface area contributed by atoms with Crippen molar-refractivity contribution in [2.45, 2.75) is 59.0 Å². The lowest BCUT2D eigenvalue weighted by Gasteiger charge is -2.27. The second-order valence-corrected chi connectivity index (χ2v) is 5.32. The van der Waals surface area contributed by atoms with Crippen LogP contribution in [0, 0.1) is 0 Å². The molecule has 1 amide bonds. The third-order valence-corrected chi connectivity index (χ3v) is 3.24. The van der Waals surface area contributed by atoms with Gasteiger partial charge in [0.15, 0.2) is 0 Å². The van der Waals surface area contributed by atoms with Crippen LogP contribution in [-0.2, 0) is 11.3 Å². The van der Waals surface area contributed by atoms with E-state index in [2.05, 4.69) is 20.8 Å². The van der Waals surface area contributed by atoms with E-state index in [-0.39, 0.29) is 11.9 Å². The molecule has 0 heterocycles. The van der Waals surface area contributed by atoms with Crippen LogP contribution in [0.25, 0.3) is 0 Å². The van der Waals surface area contributed by atoms with Crippen LogP contribution in [0.15, 0.2) is 24.3 Å². The number of amides is 1. The molecule has 0 aromatic heterocycles. The number of carbonyl (C=O) groups excluding carboxylic acids is 1. The summed E-state index contributed by atoms with van der Waals surface area (Å²) in [5, 5.41) is 0. The van der Waals surface area contributed by atoms with Crippen molar-refractivity contribution in [3.8, 4) is 0 Å². The number of rotatable bonds is 7. The molecule has 0 saturated carbocycles. The van der Waals surface area contributed by atoms with Gasteiger partial charge in [0.2, 0.25) is 5.91 Å². The molecule has 0 fully saturated rings. The number of nitrogens with zero attached hydrogens (tertiary/aromatic N) is 1. The molecular weight excluding hydrogens is 236 g/mol. The predicted molar refractivity (Wildman–Crippen MR) is 80.7 cm³/mol. The Morgan fingerprint density at radius 1 is 1.32 bits per heavy atom. The molecule has 0 spiro atoms. The molecule has 0 aliphatic heterocycles. The standard InChI is InChI=1S/C16H26N2O/c1-4-5-6-10-16(19)18(13(2)3)12-14-8-7-9-15(17)11-14/h7-9,11,13H,4-6,10,12,17H2,1-3H3. The van der Waals surface area contributed by atoms with Gasteiger partial charge in [-0.3, -0.25) is 4.79 Å². The fourth-order valence-electron chi connectivity index (χ4n) is 2.12. The summed E-state index contributed by atoms with van der Waals surface area (Å²) in [6.07, 6.45) is 3.89. The second-order valence-electron chi connectivity index (χ2n) is 5.32. The van der Waals surface area contributed by atoms with Crippen LogP contribution >= 0.6 is 0 Å². The quantitative estimate of drug-likeness (QED) is 0.603. The zero-order chi connectivity index (χ0) is 14.3. The van der Waals surface area contributed by atoms with E-state index in [1.807, 2.05) is 29.2 Å². The van der Waals surface area contributed by atoms with Crippen LogP contribution in [0.5, 0.6) is 0 Å². The topological polar surface area (TPSA) is 46.3 Å². The highest BCUT2D eigenvalue weighted by molar-refractivity contribution is 5.76. The molecule has 0 aliphatic carbocycles. The highest BCUT2D eigenvalue weighted by Crippen LogP contribution is 2.14. The molecule has 1 aromatic rings. The third kappa shape index (κ3) is 5.33. The molecule has 0 radical (unpaired) electrons. The molecule has 2 N–H and O–H groups in total. The van der Waals surface area contributed by atoms with Gasteiger partial charge in [0.25, 0.3) is 0 Å². The fraction of sp³-hybridized carbons (Fsp3) is 0.562. The summed E-state index contributed by atoms with van der Waals surface area (Å²) < 4.78 is 0. The van der Waals surface area contributed by atoms with Crippen LogP contribution in [0.3, 0.4) is 0 Å². The van der Waals surface area contributed by atoms with E-state index in [1.54, 1.807) is 0 Å². The van der Waals surface area contributed by atoms with Gasteiger partial charge in [-0.2, -0.15) is 0 Å². The van der Waals surface area contributed by atoms with E-state index < -0.39 is 0 Å². The molecule has 0 aliphatic rings. The molecule has 0 atom stereocenters. The number of unbranched alkanes of at least 4 members (excludes halogenated alkanes) is 2. The van der Waals surface area contributed by atoms with Crippen LogP contribution in [0.1, 0.15) is 52.0 Å². The molecule has 3 heteroatoms. The maximum absolute atomic E-state index is 12.2. The molecule has 0 saturated heterocycles. The summed E-state index contributed by atoms with van der Waals surface area (Å²) in [5.74, 6) is 0.242. The number of hydrogen-bond acceptors (Lipinski definition) is 2. The van der Waals surface area contributed by atoms with Crippen molar-refractivity contribution in [1.29, 1.82) is 0 Å². The number of carbonyl (C=O) groups is 1. The van der Waals surface area contributed by atoms with Crippen molar-refractivity contribution < 1.29 is 4.79 Å². The summed E-state index contributed by atoms with van der Waals surface area (Å²) in [6.45, 7) is 6.92. The van der Waals surface area contributed by atoms with Crippen molar-refractivity contribution in [3.05, 3.63) is 29.8 Å². The number of nitrogens with two attached hydrogens (primary N) is 1. The summed E-state index contributed by atoms with van der Waals surface area (Å²) in [5.41, 5.74) is 7.63. The summed E-state index contributed by atoms with van der Waals surface area (Å²) in [6, 6.07) is 7.98. The minimum Gasteiger partial charge on any atom is -0.399 e. The molecule has 0 bridgehead atoms.